The lowest BCUT2D eigenvalue weighted by atomic mass is 9.91. The van der Waals surface area contributed by atoms with E-state index in [0.717, 1.165) is 11.1 Å². The third-order valence-corrected chi connectivity index (χ3v) is 13.6. The molecule has 1 fully saturated rings. The topological polar surface area (TPSA) is 83.1 Å². The van der Waals surface area contributed by atoms with Crippen molar-refractivity contribution in [3.05, 3.63) is 109 Å². The Morgan fingerprint density at radius 3 is 2.28 bits per heavy atom. The summed E-state index contributed by atoms with van der Waals surface area (Å²) in [5.41, 5.74) is 1.71. The molecule has 1 amide bonds. The molecule has 0 aromatic heterocycles. The van der Waals surface area contributed by atoms with Gasteiger partial charge in [-0.3, -0.25) is 4.79 Å². The Bertz CT molecular complexity index is 1340. The van der Waals surface area contributed by atoms with Gasteiger partial charge in [0.2, 0.25) is 5.91 Å². The minimum absolute atomic E-state index is 0.0253. The molecule has 250 valence electrons. The highest BCUT2D eigenvalue weighted by Gasteiger charge is 2.46. The summed E-state index contributed by atoms with van der Waals surface area (Å²) in [6.45, 7) is 23.0. The van der Waals surface area contributed by atoms with Crippen molar-refractivity contribution < 1.29 is 28.2 Å². The van der Waals surface area contributed by atoms with Gasteiger partial charge in [0.25, 0.3) is 0 Å². The van der Waals surface area contributed by atoms with Gasteiger partial charge in [0.1, 0.15) is 12.7 Å². The monoisotopic (exact) mass is 647 g/mol. The van der Waals surface area contributed by atoms with E-state index in [4.69, 9.17) is 18.6 Å². The predicted molar refractivity (Wildman–Crippen MR) is 187 cm³/mol. The number of benzene rings is 2. The van der Waals surface area contributed by atoms with Crippen molar-refractivity contribution in [2.75, 3.05) is 6.61 Å². The fourth-order valence-corrected chi connectivity index (χ4v) is 6.55. The van der Waals surface area contributed by atoms with Gasteiger partial charge >= 0.3 is 5.97 Å². The van der Waals surface area contributed by atoms with Gasteiger partial charge in [-0.15, -0.1) is 13.2 Å². The number of esters is 1. The third-order valence-electron chi connectivity index (χ3n) is 9.09. The predicted octanol–water partition coefficient (Wildman–Crippen LogP) is 8.47. The van der Waals surface area contributed by atoms with Gasteiger partial charge in [-0.05, 0) is 69.5 Å². The summed E-state index contributed by atoms with van der Waals surface area (Å²) in [7, 11) is -2.21. The van der Waals surface area contributed by atoms with Crippen LogP contribution < -0.4 is 5.32 Å². The normalized spacial score (nSPS) is 21.7. The second kappa shape index (κ2) is 16.5. The molecule has 46 heavy (non-hydrogen) atoms. The molecular formula is C38H53NO6Si. The molecule has 8 heteroatoms. The zero-order valence-electron chi connectivity index (χ0n) is 28.7. The number of carbonyl (C=O) groups excluding carboxylic acids is 2. The minimum atomic E-state index is -2.21. The first kappa shape index (κ1) is 37.2. The van der Waals surface area contributed by atoms with Gasteiger partial charge in [-0.25, -0.2) is 4.79 Å². The molecule has 1 aliphatic heterocycles. The highest BCUT2D eigenvalue weighted by molar-refractivity contribution is 6.74. The molecule has 0 bridgehead atoms. The van der Waals surface area contributed by atoms with E-state index in [1.807, 2.05) is 56.3 Å². The number of hydrogen-bond donors (Lipinski definition) is 1. The van der Waals surface area contributed by atoms with Crippen LogP contribution in [0, 0.1) is 0 Å². The van der Waals surface area contributed by atoms with E-state index in [0.29, 0.717) is 24.8 Å². The molecule has 0 radical (unpaired) electrons. The maximum atomic E-state index is 13.6. The molecule has 2 aromatic carbocycles. The van der Waals surface area contributed by atoms with Crippen LogP contribution in [0.2, 0.25) is 18.1 Å². The van der Waals surface area contributed by atoms with Gasteiger partial charge in [0.05, 0.1) is 29.7 Å². The molecule has 0 spiro atoms. The largest absolute Gasteiger partial charge is 0.458 e. The quantitative estimate of drug-likeness (QED) is 0.112. The molecule has 2 aromatic rings. The Balaban J connectivity index is 1.70. The Morgan fingerprint density at radius 1 is 1.07 bits per heavy atom. The average molecular weight is 648 g/mol. The summed E-state index contributed by atoms with van der Waals surface area (Å²) in [4.78, 5) is 25.9. The number of hydrogen-bond acceptors (Lipinski definition) is 6. The van der Waals surface area contributed by atoms with Gasteiger partial charge in [-0.1, -0.05) is 87.0 Å². The van der Waals surface area contributed by atoms with Gasteiger partial charge in [0, 0.05) is 5.56 Å². The number of amides is 1. The van der Waals surface area contributed by atoms with E-state index in [-0.39, 0.29) is 42.2 Å². The lowest BCUT2D eigenvalue weighted by molar-refractivity contribution is -0.123. The van der Waals surface area contributed by atoms with Crippen molar-refractivity contribution in [1.82, 2.24) is 5.32 Å². The lowest BCUT2D eigenvalue weighted by Gasteiger charge is -2.40. The molecule has 0 unspecified atom stereocenters. The third kappa shape index (κ3) is 10.4. The van der Waals surface area contributed by atoms with Crippen LogP contribution in [0.4, 0.5) is 0 Å². The van der Waals surface area contributed by atoms with E-state index in [2.05, 4.69) is 52.3 Å². The van der Waals surface area contributed by atoms with E-state index < -0.39 is 26.2 Å². The van der Waals surface area contributed by atoms with Crippen molar-refractivity contribution >= 4 is 20.2 Å². The molecule has 1 heterocycles. The van der Waals surface area contributed by atoms with Crippen LogP contribution >= 0.6 is 0 Å². The molecule has 7 nitrogen and oxygen atoms in total. The van der Waals surface area contributed by atoms with Crippen LogP contribution in [-0.4, -0.2) is 50.7 Å². The number of rotatable bonds is 16. The summed E-state index contributed by atoms with van der Waals surface area (Å²) in [6.07, 6.45) is 6.28. The minimum Gasteiger partial charge on any atom is -0.458 e. The standard InChI is InChI=1S/C38H53NO6Si/c1-10-18-32(28(3)24-26-42-35(41)29-19-14-12-15-20-29)39-34(40)27-31(45-46(8,9)37(4,5)6)23-25-38(7)33(11-2)43-36(44-38)30-21-16-13-17-22-30/h10-17,19-22,24,31-33,36H,1-2,18,23,25-27H2,3-9H3,(H,39,40)/b28-24+/t31-,32+,33+,36+,38-/m1/s1. The zero-order chi connectivity index (χ0) is 34.0. The van der Waals surface area contributed by atoms with E-state index in [1.54, 1.807) is 36.4 Å². The number of ether oxygens (including phenoxy) is 3. The van der Waals surface area contributed by atoms with Crippen LogP contribution in [0.15, 0.2) is 97.6 Å². The summed E-state index contributed by atoms with van der Waals surface area (Å²) in [6, 6.07) is 18.5. The summed E-state index contributed by atoms with van der Waals surface area (Å²) >= 11 is 0. The van der Waals surface area contributed by atoms with Crippen LogP contribution in [0.25, 0.3) is 0 Å². The molecule has 0 aliphatic carbocycles. The fraction of sp³-hybridized carbons (Fsp3) is 0.474. The van der Waals surface area contributed by atoms with Gasteiger partial charge < -0.3 is 24.0 Å². The van der Waals surface area contributed by atoms with E-state index in [1.165, 1.54) is 0 Å². The van der Waals surface area contributed by atoms with Crippen molar-refractivity contribution in [1.29, 1.82) is 0 Å². The maximum absolute atomic E-state index is 13.6. The molecule has 3 rings (SSSR count). The Morgan fingerprint density at radius 2 is 1.70 bits per heavy atom. The molecule has 1 N–H and O–H groups in total. The number of nitrogens with one attached hydrogen (secondary N) is 1. The Hall–Kier alpha value is -3.30. The van der Waals surface area contributed by atoms with Crippen LogP contribution in [-0.2, 0) is 23.4 Å². The first-order valence-corrected chi connectivity index (χ1v) is 19.1. The van der Waals surface area contributed by atoms with Crippen LogP contribution in [0.3, 0.4) is 0 Å². The fourth-order valence-electron chi connectivity index (χ4n) is 5.16. The molecular weight excluding hydrogens is 595 g/mol. The van der Waals surface area contributed by atoms with Gasteiger partial charge in [-0.2, -0.15) is 0 Å². The Kier molecular flexibility index (Phi) is 13.3. The average Bonchev–Trinajstić information content (AvgIpc) is 3.36. The molecule has 1 aliphatic rings. The summed E-state index contributed by atoms with van der Waals surface area (Å²) < 4.78 is 25.1. The molecule has 0 saturated carbocycles. The van der Waals surface area contributed by atoms with Crippen molar-refractivity contribution in [2.45, 2.75) is 109 Å². The first-order valence-electron chi connectivity index (χ1n) is 16.2. The summed E-state index contributed by atoms with van der Waals surface area (Å²) in [5.74, 6) is -0.500. The van der Waals surface area contributed by atoms with Crippen molar-refractivity contribution in [3.8, 4) is 0 Å². The number of carbonyl (C=O) groups is 2. The first-order chi connectivity index (χ1) is 21.7. The van der Waals surface area contributed by atoms with Crippen LogP contribution in [0.1, 0.15) is 82.5 Å². The maximum Gasteiger partial charge on any atom is 0.338 e. The molecule has 5 atom stereocenters. The zero-order valence-corrected chi connectivity index (χ0v) is 29.7. The van der Waals surface area contributed by atoms with Crippen molar-refractivity contribution in [2.24, 2.45) is 0 Å². The van der Waals surface area contributed by atoms with E-state index in [9.17, 15) is 9.59 Å². The smallest absolute Gasteiger partial charge is 0.338 e. The molecule has 1 saturated heterocycles. The van der Waals surface area contributed by atoms with E-state index >= 15 is 0 Å². The van der Waals surface area contributed by atoms with Crippen LogP contribution in [0.5, 0.6) is 0 Å². The second-order valence-corrected chi connectivity index (χ2v) is 18.5. The second-order valence-electron chi connectivity index (χ2n) is 13.8. The lowest BCUT2D eigenvalue weighted by Crippen LogP contribution is -2.46. The highest BCUT2D eigenvalue weighted by Crippen LogP contribution is 2.43. The highest BCUT2D eigenvalue weighted by atomic mass is 28.4. The van der Waals surface area contributed by atoms with Crippen molar-refractivity contribution in [3.63, 3.8) is 0 Å². The SMILES string of the molecule is C=CC[C@H](NC(=O)C[C@@H](CC[C@@]1(C)O[C@@H](c2ccccc2)O[C@H]1C=C)O[Si](C)(C)C(C)(C)C)/C(C)=C/COC(=O)c1ccccc1. The summed E-state index contributed by atoms with van der Waals surface area (Å²) in [5, 5.41) is 3.15. The van der Waals surface area contributed by atoms with Gasteiger partial charge in [0.15, 0.2) is 14.6 Å². The Labute approximate surface area is 277 Å².